The molecule has 0 spiro atoms. The van der Waals surface area contributed by atoms with Crippen molar-refractivity contribution in [2.45, 2.75) is 129 Å². The van der Waals surface area contributed by atoms with E-state index in [-0.39, 0.29) is 37.4 Å². The van der Waals surface area contributed by atoms with Crippen LogP contribution >= 0.6 is 0 Å². The quantitative estimate of drug-likeness (QED) is 0.0795. The summed E-state index contributed by atoms with van der Waals surface area (Å²) in [5, 5.41) is 12.9. The van der Waals surface area contributed by atoms with Gasteiger partial charge in [-0.2, -0.15) is 0 Å². The van der Waals surface area contributed by atoms with Crippen LogP contribution in [0.1, 0.15) is 105 Å². The van der Waals surface area contributed by atoms with Crippen LogP contribution in [-0.2, 0) is 43.0 Å². The first-order valence-electron chi connectivity index (χ1n) is 18.6. The van der Waals surface area contributed by atoms with Crippen molar-refractivity contribution < 1.29 is 47.8 Å². The summed E-state index contributed by atoms with van der Waals surface area (Å²) in [5.41, 5.74) is -0.356. The second kappa shape index (κ2) is 20.6. The Hall–Kier alpha value is -4.53. The third-order valence-corrected chi connectivity index (χ3v) is 8.68. The van der Waals surface area contributed by atoms with Gasteiger partial charge in [0.1, 0.15) is 17.7 Å². The van der Waals surface area contributed by atoms with E-state index in [1.165, 1.54) is 0 Å². The van der Waals surface area contributed by atoms with Gasteiger partial charge in [0, 0.05) is 6.42 Å². The molecule has 5 atom stereocenters. The van der Waals surface area contributed by atoms with Crippen LogP contribution < -0.4 is 26.6 Å². The van der Waals surface area contributed by atoms with Crippen molar-refractivity contribution >= 4 is 41.5 Å². The highest BCUT2D eigenvalue weighted by molar-refractivity contribution is 6.38. The van der Waals surface area contributed by atoms with Gasteiger partial charge in [-0.3, -0.25) is 24.0 Å². The molecule has 1 aliphatic carbocycles. The van der Waals surface area contributed by atoms with Gasteiger partial charge in [-0.15, -0.1) is 0 Å². The van der Waals surface area contributed by atoms with E-state index < -0.39 is 77.8 Å². The van der Waals surface area contributed by atoms with E-state index in [0.29, 0.717) is 18.6 Å². The van der Waals surface area contributed by atoms with E-state index in [9.17, 15) is 33.6 Å². The van der Waals surface area contributed by atoms with Crippen LogP contribution in [0.15, 0.2) is 30.3 Å². The first-order valence-corrected chi connectivity index (χ1v) is 18.6. The summed E-state index contributed by atoms with van der Waals surface area (Å²) in [5.74, 6) is -4.84. The fraction of sp³-hybridized carbons (Fsp3) is 0.658. The number of hydrogen-bond donors (Lipinski definition) is 5. The third kappa shape index (κ3) is 15.2. The number of benzene rings is 1. The van der Waals surface area contributed by atoms with Gasteiger partial charge in [0.05, 0.1) is 31.9 Å². The van der Waals surface area contributed by atoms with Crippen molar-refractivity contribution in [2.24, 2.45) is 11.8 Å². The lowest BCUT2D eigenvalue weighted by Gasteiger charge is -2.31. The lowest BCUT2D eigenvalue weighted by molar-refractivity contribution is -0.158. The minimum Gasteiger partial charge on any atom is -0.458 e. The van der Waals surface area contributed by atoms with Gasteiger partial charge >= 0.3 is 12.1 Å². The summed E-state index contributed by atoms with van der Waals surface area (Å²) in [6, 6.07) is 3.96. The molecule has 0 radical (unpaired) electrons. The molecule has 5 amide bonds. The van der Waals surface area contributed by atoms with E-state index in [4.69, 9.17) is 14.2 Å². The minimum atomic E-state index is -1.26. The molecule has 1 saturated carbocycles. The van der Waals surface area contributed by atoms with E-state index in [0.717, 1.165) is 32.1 Å². The molecule has 53 heavy (non-hydrogen) atoms. The number of carbonyl (C=O) groups excluding carboxylic acids is 7. The Labute approximate surface area is 311 Å². The van der Waals surface area contributed by atoms with Crippen LogP contribution in [0.2, 0.25) is 0 Å². The molecule has 0 bridgehead atoms. The lowest BCUT2D eigenvalue weighted by atomic mass is 9.83. The van der Waals surface area contributed by atoms with Crippen molar-refractivity contribution in [2.75, 3.05) is 19.8 Å². The molecule has 15 heteroatoms. The SMILES string of the molecule is CCCC(NC(=O)C(CC1CO1)NC(=O)C(NC(=O)OCC(C)C)C1CCCCC1)C(=O)C(=O)NCC(=O)NC(C(=O)OC(C)(C)C)c1ccccc1. The molecule has 0 aromatic heterocycles. The van der Waals surface area contributed by atoms with Gasteiger partial charge in [-0.05, 0) is 57.4 Å². The van der Waals surface area contributed by atoms with Crippen LogP contribution in [0.3, 0.4) is 0 Å². The number of esters is 1. The maximum Gasteiger partial charge on any atom is 0.407 e. The molecule has 1 aromatic carbocycles. The van der Waals surface area contributed by atoms with Crippen molar-refractivity contribution in [3.63, 3.8) is 0 Å². The first-order chi connectivity index (χ1) is 25.1. The van der Waals surface area contributed by atoms with Crippen LogP contribution in [0.5, 0.6) is 0 Å². The number of nitrogens with one attached hydrogen (secondary N) is 5. The molecular formula is C38H57N5O10. The summed E-state index contributed by atoms with van der Waals surface area (Å²) >= 11 is 0. The fourth-order valence-corrected chi connectivity index (χ4v) is 5.97. The Bertz CT molecular complexity index is 1420. The Morgan fingerprint density at radius 3 is 2.09 bits per heavy atom. The van der Waals surface area contributed by atoms with Gasteiger partial charge in [-0.25, -0.2) is 9.59 Å². The summed E-state index contributed by atoms with van der Waals surface area (Å²) in [6.07, 6.45) is 3.91. The van der Waals surface area contributed by atoms with Crippen molar-refractivity contribution in [3.05, 3.63) is 35.9 Å². The molecule has 1 aliphatic heterocycles. The predicted molar refractivity (Wildman–Crippen MR) is 194 cm³/mol. The number of carbonyl (C=O) groups is 7. The number of ether oxygens (including phenoxy) is 3. The summed E-state index contributed by atoms with van der Waals surface area (Å²) in [6.45, 7) is 10.6. The molecule has 2 aliphatic rings. The normalized spacial score (nSPS) is 18.0. The second-order valence-electron chi connectivity index (χ2n) is 15.1. The average molecular weight is 744 g/mol. The molecule has 1 heterocycles. The van der Waals surface area contributed by atoms with Crippen molar-refractivity contribution in [1.82, 2.24) is 26.6 Å². The average Bonchev–Trinajstić information content (AvgIpc) is 3.94. The van der Waals surface area contributed by atoms with Crippen molar-refractivity contribution in [3.8, 4) is 0 Å². The molecule has 2 fully saturated rings. The zero-order valence-corrected chi connectivity index (χ0v) is 31.8. The molecule has 294 valence electrons. The largest absolute Gasteiger partial charge is 0.458 e. The monoisotopic (exact) mass is 743 g/mol. The Morgan fingerprint density at radius 2 is 1.51 bits per heavy atom. The smallest absolute Gasteiger partial charge is 0.407 e. The highest BCUT2D eigenvalue weighted by Gasteiger charge is 2.38. The predicted octanol–water partition coefficient (Wildman–Crippen LogP) is 2.76. The third-order valence-electron chi connectivity index (χ3n) is 8.68. The van der Waals surface area contributed by atoms with E-state index in [1.54, 1.807) is 58.0 Å². The van der Waals surface area contributed by atoms with Gasteiger partial charge in [0.2, 0.25) is 23.5 Å². The van der Waals surface area contributed by atoms with Gasteiger partial charge in [0.25, 0.3) is 5.91 Å². The van der Waals surface area contributed by atoms with Crippen LogP contribution in [-0.4, -0.2) is 91.1 Å². The summed E-state index contributed by atoms with van der Waals surface area (Å²) < 4.78 is 16.1. The molecule has 1 saturated heterocycles. The number of rotatable bonds is 19. The first kappa shape index (κ1) is 42.9. The fourth-order valence-electron chi connectivity index (χ4n) is 5.97. The minimum absolute atomic E-state index is 0.100. The number of Topliss-reactive ketones (excluding diaryl/α,β-unsaturated/α-hetero) is 1. The highest BCUT2D eigenvalue weighted by Crippen LogP contribution is 2.27. The zero-order chi connectivity index (χ0) is 39.1. The molecule has 5 N–H and O–H groups in total. The zero-order valence-electron chi connectivity index (χ0n) is 31.8. The van der Waals surface area contributed by atoms with E-state index in [1.807, 2.05) is 13.8 Å². The molecule has 15 nitrogen and oxygen atoms in total. The van der Waals surface area contributed by atoms with E-state index in [2.05, 4.69) is 26.6 Å². The molecule has 5 unspecified atom stereocenters. The standard InChI is InChI=1S/C38H57N5O10/c1-7-14-27(32(45)35(48)39-20-29(44)42-31(25-17-12-9-13-18-25)36(49)53-38(4,5)6)40-33(46)28(19-26-22-51-26)41-34(47)30(24-15-10-8-11-16-24)43-37(50)52-21-23(2)3/h9,12-13,17-18,23-24,26-28,30-31H,7-8,10-11,14-16,19-22H2,1-6H3,(H,39,48)(H,40,46)(H,41,47)(H,42,44)(H,43,50). The number of alkyl carbamates (subject to hydrolysis) is 1. The number of hydrogen-bond acceptors (Lipinski definition) is 10. The van der Waals surface area contributed by atoms with Gasteiger partial charge in [-0.1, -0.05) is 76.8 Å². The maximum absolute atomic E-state index is 13.7. The maximum atomic E-state index is 13.7. The topological polar surface area (TPSA) is 211 Å². The van der Waals surface area contributed by atoms with Crippen molar-refractivity contribution in [1.29, 1.82) is 0 Å². The van der Waals surface area contributed by atoms with E-state index >= 15 is 0 Å². The second-order valence-corrected chi connectivity index (χ2v) is 15.1. The number of ketones is 1. The number of epoxide rings is 1. The highest BCUT2D eigenvalue weighted by atomic mass is 16.6. The molecule has 1 aromatic rings. The summed E-state index contributed by atoms with van der Waals surface area (Å²) in [4.78, 5) is 92.1. The van der Waals surface area contributed by atoms with Crippen LogP contribution in [0.4, 0.5) is 4.79 Å². The Morgan fingerprint density at radius 1 is 0.868 bits per heavy atom. The molecular weight excluding hydrogens is 686 g/mol. The van der Waals surface area contributed by atoms with Gasteiger partial charge in [0.15, 0.2) is 6.04 Å². The Kier molecular flexibility index (Phi) is 16.7. The lowest BCUT2D eigenvalue weighted by Crippen LogP contribution is -2.58. The Balaban J connectivity index is 1.66. The van der Waals surface area contributed by atoms with Gasteiger partial charge < -0.3 is 40.8 Å². The summed E-state index contributed by atoms with van der Waals surface area (Å²) in [7, 11) is 0. The van der Waals surface area contributed by atoms with Crippen LogP contribution in [0, 0.1) is 11.8 Å². The van der Waals surface area contributed by atoms with Crippen LogP contribution in [0.25, 0.3) is 0 Å². The molecule has 3 rings (SSSR count). The number of amides is 5.